The zero-order chi connectivity index (χ0) is 12.5. The highest BCUT2D eigenvalue weighted by molar-refractivity contribution is 9.09. The van der Waals surface area contributed by atoms with E-state index in [2.05, 4.69) is 15.9 Å². The van der Waals surface area contributed by atoms with Crippen LogP contribution >= 0.6 is 15.9 Å². The molecule has 0 amide bonds. The Morgan fingerprint density at radius 1 is 1.24 bits per heavy atom. The molecule has 90 valence electrons. The van der Waals surface area contributed by atoms with Crippen LogP contribution in [-0.2, 0) is 4.74 Å². The third kappa shape index (κ3) is 1.90. The maximum Gasteiger partial charge on any atom is 0.339 e. The average molecular weight is 297 g/mol. The third-order valence-electron chi connectivity index (χ3n) is 2.96. The number of Topliss-reactive ketones (excluding diaryl/α,β-unsaturated/α-hetero) is 1. The first-order valence-corrected chi connectivity index (χ1v) is 6.70. The standard InChI is InChI=1S/C13H13BrO3/c1-2-7-13(8-14)11(15)9-5-3-4-6-10(9)12(16)17-13/h3-6H,2,7-8H2,1H3. The molecule has 2 rings (SSSR count). The van der Waals surface area contributed by atoms with Crippen molar-refractivity contribution in [3.63, 3.8) is 0 Å². The highest BCUT2D eigenvalue weighted by atomic mass is 79.9. The molecule has 17 heavy (non-hydrogen) atoms. The lowest BCUT2D eigenvalue weighted by atomic mass is 9.85. The van der Waals surface area contributed by atoms with E-state index in [1.54, 1.807) is 24.3 Å². The average Bonchev–Trinajstić information content (AvgIpc) is 2.36. The molecule has 1 atom stereocenters. The summed E-state index contributed by atoms with van der Waals surface area (Å²) in [5, 5.41) is 0.340. The molecule has 0 spiro atoms. The minimum atomic E-state index is -1.03. The Hall–Kier alpha value is -1.16. The van der Waals surface area contributed by atoms with Crippen molar-refractivity contribution in [3.05, 3.63) is 35.4 Å². The lowest BCUT2D eigenvalue weighted by molar-refractivity contribution is -0.00788. The molecule has 1 aromatic carbocycles. The van der Waals surface area contributed by atoms with E-state index in [0.717, 1.165) is 6.42 Å². The number of carbonyl (C=O) groups is 2. The molecule has 0 radical (unpaired) electrons. The van der Waals surface area contributed by atoms with Gasteiger partial charge in [-0.1, -0.05) is 47.5 Å². The van der Waals surface area contributed by atoms with Crippen molar-refractivity contribution >= 4 is 27.7 Å². The Balaban J connectivity index is 2.51. The van der Waals surface area contributed by atoms with E-state index in [0.29, 0.717) is 22.9 Å². The molecule has 0 aromatic heterocycles. The summed E-state index contributed by atoms with van der Waals surface area (Å²) in [6.07, 6.45) is 1.32. The molecule has 1 aliphatic rings. The molecule has 0 saturated heterocycles. The van der Waals surface area contributed by atoms with Gasteiger partial charge in [0.25, 0.3) is 0 Å². The number of hydrogen-bond donors (Lipinski definition) is 0. The molecular formula is C13H13BrO3. The van der Waals surface area contributed by atoms with Gasteiger partial charge in [0.2, 0.25) is 5.78 Å². The van der Waals surface area contributed by atoms with Crippen molar-refractivity contribution in [2.75, 3.05) is 5.33 Å². The minimum absolute atomic E-state index is 0.105. The Morgan fingerprint density at radius 2 is 1.88 bits per heavy atom. The zero-order valence-electron chi connectivity index (χ0n) is 9.53. The van der Waals surface area contributed by atoms with Gasteiger partial charge in [-0.3, -0.25) is 4.79 Å². The maximum absolute atomic E-state index is 12.4. The van der Waals surface area contributed by atoms with Gasteiger partial charge in [-0.05, 0) is 12.5 Å². The summed E-state index contributed by atoms with van der Waals surface area (Å²) >= 11 is 3.29. The van der Waals surface area contributed by atoms with Crippen molar-refractivity contribution in [2.45, 2.75) is 25.4 Å². The highest BCUT2D eigenvalue weighted by Crippen LogP contribution is 2.33. The van der Waals surface area contributed by atoms with Crippen molar-refractivity contribution in [2.24, 2.45) is 0 Å². The number of ether oxygens (including phenoxy) is 1. The van der Waals surface area contributed by atoms with Crippen LogP contribution in [0.4, 0.5) is 0 Å². The summed E-state index contributed by atoms with van der Waals surface area (Å²) in [4.78, 5) is 24.3. The van der Waals surface area contributed by atoms with Crippen molar-refractivity contribution < 1.29 is 14.3 Å². The number of rotatable bonds is 3. The van der Waals surface area contributed by atoms with Crippen LogP contribution < -0.4 is 0 Å². The summed E-state index contributed by atoms with van der Waals surface area (Å²) in [6.45, 7) is 1.96. The van der Waals surface area contributed by atoms with Gasteiger partial charge < -0.3 is 4.74 Å². The van der Waals surface area contributed by atoms with E-state index < -0.39 is 11.6 Å². The number of fused-ring (bicyclic) bond motifs is 1. The van der Waals surface area contributed by atoms with E-state index >= 15 is 0 Å². The molecule has 4 heteroatoms. The van der Waals surface area contributed by atoms with Gasteiger partial charge in [-0.25, -0.2) is 4.79 Å². The number of benzene rings is 1. The summed E-state index contributed by atoms with van der Waals surface area (Å²) in [7, 11) is 0. The fourth-order valence-corrected chi connectivity index (χ4v) is 2.76. The van der Waals surface area contributed by atoms with Crippen LogP contribution in [0.5, 0.6) is 0 Å². The predicted molar refractivity (Wildman–Crippen MR) is 67.6 cm³/mol. The largest absolute Gasteiger partial charge is 0.446 e. The van der Waals surface area contributed by atoms with Crippen LogP contribution in [0, 0.1) is 0 Å². The predicted octanol–water partition coefficient (Wildman–Crippen LogP) is 2.97. The van der Waals surface area contributed by atoms with Crippen LogP contribution in [0.3, 0.4) is 0 Å². The number of alkyl halides is 1. The van der Waals surface area contributed by atoms with Crippen LogP contribution in [0.25, 0.3) is 0 Å². The fourth-order valence-electron chi connectivity index (χ4n) is 2.11. The second-order valence-corrected chi connectivity index (χ2v) is 4.70. The summed E-state index contributed by atoms with van der Waals surface area (Å²) in [6, 6.07) is 6.80. The number of halogens is 1. The van der Waals surface area contributed by atoms with Gasteiger partial charge in [0, 0.05) is 5.56 Å². The second-order valence-electron chi connectivity index (χ2n) is 4.14. The van der Waals surface area contributed by atoms with Gasteiger partial charge in [-0.15, -0.1) is 0 Å². The quantitative estimate of drug-likeness (QED) is 0.636. The molecule has 0 aliphatic carbocycles. The molecule has 0 saturated carbocycles. The van der Waals surface area contributed by atoms with Crippen LogP contribution in [0.2, 0.25) is 0 Å². The molecule has 1 unspecified atom stereocenters. The first-order chi connectivity index (χ1) is 8.14. The minimum Gasteiger partial charge on any atom is -0.446 e. The lowest BCUT2D eigenvalue weighted by Crippen LogP contribution is -2.49. The zero-order valence-corrected chi connectivity index (χ0v) is 11.1. The Labute approximate surface area is 108 Å². The molecular weight excluding hydrogens is 284 g/mol. The van der Waals surface area contributed by atoms with E-state index in [4.69, 9.17) is 4.74 Å². The Morgan fingerprint density at radius 3 is 2.47 bits per heavy atom. The maximum atomic E-state index is 12.4. The van der Waals surface area contributed by atoms with E-state index in [9.17, 15) is 9.59 Å². The van der Waals surface area contributed by atoms with Gasteiger partial charge in [0.1, 0.15) is 0 Å². The molecule has 1 aliphatic heterocycles. The highest BCUT2D eigenvalue weighted by Gasteiger charge is 2.46. The first-order valence-electron chi connectivity index (χ1n) is 5.58. The molecule has 0 fully saturated rings. The Bertz CT molecular complexity index is 469. The summed E-state index contributed by atoms with van der Waals surface area (Å²) in [5.41, 5.74) is -0.193. The molecule has 1 aromatic rings. The normalized spacial score (nSPS) is 23.2. The van der Waals surface area contributed by atoms with E-state index in [-0.39, 0.29) is 5.78 Å². The van der Waals surface area contributed by atoms with Crippen molar-refractivity contribution in [3.8, 4) is 0 Å². The molecule has 0 N–H and O–H groups in total. The van der Waals surface area contributed by atoms with Crippen LogP contribution in [-0.4, -0.2) is 22.7 Å². The number of cyclic esters (lactones) is 1. The molecule has 1 heterocycles. The van der Waals surface area contributed by atoms with Gasteiger partial charge in [0.05, 0.1) is 10.9 Å². The first kappa shape index (κ1) is 12.3. The topological polar surface area (TPSA) is 43.4 Å². The second kappa shape index (κ2) is 4.61. The summed E-state index contributed by atoms with van der Waals surface area (Å²) < 4.78 is 5.37. The number of ketones is 1. The lowest BCUT2D eigenvalue weighted by Gasteiger charge is -2.34. The van der Waals surface area contributed by atoms with Gasteiger partial charge in [0.15, 0.2) is 5.60 Å². The van der Waals surface area contributed by atoms with Crippen LogP contribution in [0.15, 0.2) is 24.3 Å². The SMILES string of the molecule is CCCC1(CBr)OC(=O)c2ccccc2C1=O. The molecule has 0 bridgehead atoms. The van der Waals surface area contributed by atoms with Crippen molar-refractivity contribution in [1.82, 2.24) is 0 Å². The number of carbonyl (C=O) groups excluding carboxylic acids is 2. The van der Waals surface area contributed by atoms with Gasteiger partial charge in [-0.2, -0.15) is 0 Å². The fraction of sp³-hybridized carbons (Fsp3) is 0.385. The Kier molecular flexibility index (Phi) is 3.33. The van der Waals surface area contributed by atoms with Crippen molar-refractivity contribution in [1.29, 1.82) is 0 Å². The van der Waals surface area contributed by atoms with Gasteiger partial charge >= 0.3 is 5.97 Å². The number of hydrogen-bond acceptors (Lipinski definition) is 3. The van der Waals surface area contributed by atoms with E-state index in [1.807, 2.05) is 6.92 Å². The molecule has 3 nitrogen and oxygen atoms in total. The van der Waals surface area contributed by atoms with Crippen LogP contribution in [0.1, 0.15) is 40.5 Å². The smallest absolute Gasteiger partial charge is 0.339 e. The number of esters is 1. The summed E-state index contributed by atoms with van der Waals surface area (Å²) in [5.74, 6) is -0.514. The monoisotopic (exact) mass is 296 g/mol. The van der Waals surface area contributed by atoms with E-state index in [1.165, 1.54) is 0 Å². The third-order valence-corrected chi connectivity index (χ3v) is 3.87.